The van der Waals surface area contributed by atoms with E-state index in [1.807, 2.05) is 18.3 Å². The van der Waals surface area contributed by atoms with Gasteiger partial charge in [0.25, 0.3) is 8.32 Å². The number of benzene rings is 1. The third-order valence-corrected chi connectivity index (χ3v) is 11.3. The average molecular weight is 421 g/mol. The van der Waals surface area contributed by atoms with Crippen LogP contribution in [0.4, 0.5) is 11.4 Å². The Bertz CT molecular complexity index is 668. The van der Waals surface area contributed by atoms with Crippen LogP contribution in [0, 0.1) is 0 Å². The summed E-state index contributed by atoms with van der Waals surface area (Å²) in [4.78, 5) is 4.16. The standard InChI is InChI=1S/C20H29BrN2OSi/c1-14(2)25(15(3)4,16(5)6)24-20-11-17(21)10-19(12-20)23-18-8-7-9-22-13-18/h7-16,23H,1-6H3. The highest BCUT2D eigenvalue weighted by molar-refractivity contribution is 9.10. The normalized spacial score (nSPS) is 12.1. The van der Waals surface area contributed by atoms with Gasteiger partial charge in [0.1, 0.15) is 5.75 Å². The highest BCUT2D eigenvalue weighted by Crippen LogP contribution is 2.43. The lowest BCUT2D eigenvalue weighted by molar-refractivity contribution is 0.480. The predicted molar refractivity (Wildman–Crippen MR) is 113 cm³/mol. The second-order valence-electron chi connectivity index (χ2n) is 7.46. The maximum atomic E-state index is 6.80. The summed E-state index contributed by atoms with van der Waals surface area (Å²) in [5.41, 5.74) is 3.59. The number of nitrogens with one attached hydrogen (secondary N) is 1. The van der Waals surface area contributed by atoms with Gasteiger partial charge in [-0.15, -0.1) is 0 Å². The van der Waals surface area contributed by atoms with Gasteiger partial charge in [0.15, 0.2) is 0 Å². The molecule has 0 saturated carbocycles. The Hall–Kier alpha value is -1.33. The molecule has 0 bridgehead atoms. The van der Waals surface area contributed by atoms with Crippen molar-refractivity contribution in [3.05, 3.63) is 47.2 Å². The van der Waals surface area contributed by atoms with Crippen molar-refractivity contribution in [3.63, 3.8) is 0 Å². The van der Waals surface area contributed by atoms with E-state index in [9.17, 15) is 0 Å². The van der Waals surface area contributed by atoms with Gasteiger partial charge >= 0.3 is 0 Å². The van der Waals surface area contributed by atoms with Crippen molar-refractivity contribution in [1.82, 2.24) is 4.98 Å². The van der Waals surface area contributed by atoms with Crippen LogP contribution in [-0.2, 0) is 0 Å². The first kappa shape index (κ1) is 20.0. The molecular formula is C20H29BrN2OSi. The topological polar surface area (TPSA) is 34.1 Å². The molecule has 0 fully saturated rings. The second-order valence-corrected chi connectivity index (χ2v) is 13.8. The van der Waals surface area contributed by atoms with Gasteiger partial charge in [-0.1, -0.05) is 57.5 Å². The summed E-state index contributed by atoms with van der Waals surface area (Å²) >= 11 is 3.62. The minimum atomic E-state index is -1.97. The predicted octanol–water partition coefficient (Wildman–Crippen LogP) is 7.14. The van der Waals surface area contributed by atoms with E-state index in [0.717, 1.165) is 21.6 Å². The zero-order valence-electron chi connectivity index (χ0n) is 16.0. The molecule has 136 valence electrons. The third kappa shape index (κ3) is 4.64. The fourth-order valence-electron chi connectivity index (χ4n) is 3.85. The minimum Gasteiger partial charge on any atom is -0.543 e. The molecule has 0 radical (unpaired) electrons. The van der Waals surface area contributed by atoms with Gasteiger partial charge in [-0.05, 0) is 40.9 Å². The molecule has 2 aromatic rings. The van der Waals surface area contributed by atoms with Crippen molar-refractivity contribution in [1.29, 1.82) is 0 Å². The maximum absolute atomic E-state index is 6.80. The summed E-state index contributed by atoms with van der Waals surface area (Å²) in [6.07, 6.45) is 3.59. The molecule has 1 aromatic carbocycles. The van der Waals surface area contributed by atoms with E-state index >= 15 is 0 Å². The van der Waals surface area contributed by atoms with Crippen LogP contribution in [0.3, 0.4) is 0 Å². The van der Waals surface area contributed by atoms with Crippen LogP contribution in [0.2, 0.25) is 16.6 Å². The third-order valence-electron chi connectivity index (χ3n) is 4.82. The Balaban J connectivity index is 2.35. The van der Waals surface area contributed by atoms with E-state index in [2.05, 4.69) is 86.0 Å². The smallest absolute Gasteiger partial charge is 0.258 e. The maximum Gasteiger partial charge on any atom is 0.258 e. The highest BCUT2D eigenvalue weighted by atomic mass is 79.9. The molecule has 1 N–H and O–H groups in total. The van der Waals surface area contributed by atoms with Crippen molar-refractivity contribution in [2.24, 2.45) is 0 Å². The number of hydrogen-bond donors (Lipinski definition) is 1. The number of aromatic nitrogens is 1. The lowest BCUT2D eigenvalue weighted by Gasteiger charge is -2.42. The molecule has 0 unspecified atom stereocenters. The van der Waals surface area contributed by atoms with Crippen molar-refractivity contribution in [2.75, 3.05) is 5.32 Å². The number of nitrogens with zero attached hydrogens (tertiary/aromatic N) is 1. The summed E-state index contributed by atoms with van der Waals surface area (Å²) < 4.78 is 7.81. The van der Waals surface area contributed by atoms with Crippen LogP contribution in [0.1, 0.15) is 41.5 Å². The summed E-state index contributed by atoms with van der Waals surface area (Å²) in [5.74, 6) is 0.934. The first-order valence-electron chi connectivity index (χ1n) is 8.92. The Morgan fingerprint density at radius 2 is 1.60 bits per heavy atom. The zero-order chi connectivity index (χ0) is 18.6. The monoisotopic (exact) mass is 420 g/mol. The van der Waals surface area contributed by atoms with Crippen molar-refractivity contribution >= 4 is 35.6 Å². The highest BCUT2D eigenvalue weighted by Gasteiger charge is 2.47. The van der Waals surface area contributed by atoms with Crippen LogP contribution < -0.4 is 9.74 Å². The lowest BCUT2D eigenvalue weighted by atomic mass is 10.3. The molecule has 0 spiro atoms. The van der Waals surface area contributed by atoms with Crippen LogP contribution >= 0.6 is 15.9 Å². The van der Waals surface area contributed by atoms with Gasteiger partial charge < -0.3 is 9.74 Å². The molecule has 1 heterocycles. The van der Waals surface area contributed by atoms with Gasteiger partial charge in [-0.3, -0.25) is 4.98 Å². The van der Waals surface area contributed by atoms with Crippen LogP contribution in [0.5, 0.6) is 5.75 Å². The molecule has 0 aliphatic rings. The van der Waals surface area contributed by atoms with E-state index in [0.29, 0.717) is 16.6 Å². The van der Waals surface area contributed by atoms with Crippen LogP contribution in [0.15, 0.2) is 47.2 Å². The number of anilines is 2. The van der Waals surface area contributed by atoms with Gasteiger partial charge in [-0.25, -0.2) is 0 Å². The van der Waals surface area contributed by atoms with Gasteiger partial charge in [-0.2, -0.15) is 0 Å². The first-order valence-corrected chi connectivity index (χ1v) is 11.9. The van der Waals surface area contributed by atoms with E-state index in [1.165, 1.54) is 0 Å². The van der Waals surface area contributed by atoms with Crippen molar-refractivity contribution in [2.45, 2.75) is 58.2 Å². The zero-order valence-corrected chi connectivity index (χ0v) is 18.6. The van der Waals surface area contributed by atoms with Gasteiger partial charge in [0.05, 0.1) is 11.9 Å². The molecule has 5 heteroatoms. The Morgan fingerprint density at radius 1 is 0.960 bits per heavy atom. The van der Waals surface area contributed by atoms with Crippen molar-refractivity contribution < 1.29 is 4.43 Å². The second kappa shape index (κ2) is 8.36. The average Bonchev–Trinajstić information content (AvgIpc) is 2.52. The minimum absolute atomic E-state index is 0.543. The number of rotatable bonds is 7. The largest absolute Gasteiger partial charge is 0.543 e. The number of pyridine rings is 1. The SMILES string of the molecule is CC(C)[Si](Oc1cc(Br)cc(Nc2cccnc2)c1)(C(C)C)C(C)C. The molecule has 1 aromatic heterocycles. The van der Waals surface area contributed by atoms with Crippen molar-refractivity contribution in [3.8, 4) is 5.75 Å². The fraction of sp³-hybridized carbons (Fsp3) is 0.450. The quantitative estimate of drug-likeness (QED) is 0.483. The molecule has 3 nitrogen and oxygen atoms in total. The summed E-state index contributed by atoms with van der Waals surface area (Å²) in [7, 11) is -1.97. The summed E-state index contributed by atoms with van der Waals surface area (Å²) in [6, 6.07) is 10.1. The Labute approximate surface area is 161 Å². The summed E-state index contributed by atoms with van der Waals surface area (Å²) in [6.45, 7) is 13.8. The molecule has 0 aliphatic heterocycles. The van der Waals surface area contributed by atoms with Gasteiger partial charge in [0.2, 0.25) is 0 Å². The Morgan fingerprint density at radius 3 is 2.12 bits per heavy atom. The molecule has 25 heavy (non-hydrogen) atoms. The van der Waals surface area contributed by atoms with E-state index in [-0.39, 0.29) is 0 Å². The first-order chi connectivity index (χ1) is 11.8. The van der Waals surface area contributed by atoms with E-state index < -0.39 is 8.32 Å². The van der Waals surface area contributed by atoms with Crippen LogP contribution in [0.25, 0.3) is 0 Å². The molecule has 0 amide bonds. The molecule has 0 atom stereocenters. The molecular weight excluding hydrogens is 392 g/mol. The number of halogens is 1. The molecule has 0 aliphatic carbocycles. The fourth-order valence-corrected chi connectivity index (χ4v) is 9.56. The van der Waals surface area contributed by atoms with Crippen LogP contribution in [-0.4, -0.2) is 13.3 Å². The van der Waals surface area contributed by atoms with E-state index in [1.54, 1.807) is 6.20 Å². The summed E-state index contributed by atoms with van der Waals surface area (Å²) in [5, 5.41) is 3.40. The molecule has 2 rings (SSSR count). The van der Waals surface area contributed by atoms with Gasteiger partial charge in [0, 0.05) is 22.4 Å². The number of hydrogen-bond acceptors (Lipinski definition) is 3. The van der Waals surface area contributed by atoms with E-state index in [4.69, 9.17) is 4.43 Å². The lowest BCUT2D eigenvalue weighted by Crippen LogP contribution is -2.50. The Kier molecular flexibility index (Phi) is 6.69. The molecule has 0 saturated heterocycles.